The lowest BCUT2D eigenvalue weighted by Gasteiger charge is -2.09. The van der Waals surface area contributed by atoms with Gasteiger partial charge in [-0.05, 0) is 37.0 Å². The summed E-state index contributed by atoms with van der Waals surface area (Å²) < 4.78 is 8.17. The minimum atomic E-state index is -0.745. The van der Waals surface area contributed by atoms with Crippen molar-refractivity contribution in [1.29, 1.82) is 0 Å². The number of carboxylic acids is 1. The summed E-state index contributed by atoms with van der Waals surface area (Å²) in [4.78, 5) is 15.5. The fraction of sp³-hybridized carbons (Fsp3) is 0.214. The minimum Gasteiger partial charge on any atom is -0.494 e. The molecule has 5 nitrogen and oxygen atoms in total. The molecule has 4 rings (SSSR count). The van der Waals surface area contributed by atoms with Crippen LogP contribution in [0, 0.1) is 0 Å². The molecule has 0 aliphatic carbocycles. The summed E-state index contributed by atoms with van der Waals surface area (Å²) in [5.41, 5.74) is 4.18. The summed E-state index contributed by atoms with van der Waals surface area (Å²) in [5.74, 6) is 0.979. The summed E-state index contributed by atoms with van der Waals surface area (Å²) >= 11 is 0. The van der Waals surface area contributed by atoms with Crippen molar-refractivity contribution >= 4 is 23.1 Å². The van der Waals surface area contributed by atoms with E-state index in [0.717, 1.165) is 46.6 Å². The second-order valence-electron chi connectivity index (χ2n) is 7.93. The van der Waals surface area contributed by atoms with Crippen LogP contribution < -0.4 is 4.74 Å². The van der Waals surface area contributed by atoms with Gasteiger partial charge in [0.1, 0.15) is 11.6 Å². The van der Waals surface area contributed by atoms with Crippen LogP contribution in [-0.4, -0.2) is 27.2 Å². The molecule has 0 aliphatic heterocycles. The van der Waals surface area contributed by atoms with Gasteiger partial charge in [-0.3, -0.25) is 4.79 Å². The number of ether oxygens (including phenoxy) is 1. The Morgan fingerprint density at radius 1 is 0.939 bits per heavy atom. The summed E-state index contributed by atoms with van der Waals surface area (Å²) in [7, 11) is 0. The van der Waals surface area contributed by atoms with Crippen molar-refractivity contribution in [3.63, 3.8) is 0 Å². The van der Waals surface area contributed by atoms with E-state index in [1.807, 2.05) is 54.6 Å². The third-order valence-corrected chi connectivity index (χ3v) is 5.45. The van der Waals surface area contributed by atoms with E-state index in [4.69, 9.17) is 14.8 Å². The monoisotopic (exact) mass is 440 g/mol. The molecular formula is C28H28N2O3. The van der Waals surface area contributed by atoms with Crippen molar-refractivity contribution in [2.45, 2.75) is 32.2 Å². The first kappa shape index (κ1) is 22.3. The zero-order valence-electron chi connectivity index (χ0n) is 18.6. The third-order valence-electron chi connectivity index (χ3n) is 5.45. The van der Waals surface area contributed by atoms with E-state index < -0.39 is 5.97 Å². The van der Waals surface area contributed by atoms with Crippen molar-refractivity contribution in [3.8, 4) is 17.1 Å². The number of carbonyl (C=O) groups is 1. The Labute approximate surface area is 194 Å². The number of unbranched alkanes of at least 4 members (excludes halogenated alkanes) is 2. The van der Waals surface area contributed by atoms with Gasteiger partial charge in [-0.25, -0.2) is 4.98 Å². The first-order valence-electron chi connectivity index (χ1n) is 11.3. The number of carboxylic acid groups (broad SMARTS) is 1. The zero-order valence-corrected chi connectivity index (χ0v) is 18.6. The summed E-state index contributed by atoms with van der Waals surface area (Å²) in [5, 5.41) is 8.74. The SMILES string of the molecule is O=C(O)CCCCCOc1ccc2nc(-c3ccccc3)n(CC=Cc3ccccc3)c2c1. The lowest BCUT2D eigenvalue weighted by Crippen LogP contribution is -2.00. The molecule has 1 N–H and O–H groups in total. The first-order valence-corrected chi connectivity index (χ1v) is 11.3. The lowest BCUT2D eigenvalue weighted by molar-refractivity contribution is -0.137. The standard InChI is InChI=1S/C28H28N2O3/c31-27(32)16-8-3-9-20-33-24-17-18-25-26(21-24)30(19-10-13-22-11-4-1-5-12-22)28(29-25)23-14-6-2-7-15-23/h1-2,4-7,10-15,17-18,21H,3,8-9,16,19-20H2,(H,31,32). The molecule has 4 aromatic rings. The van der Waals surface area contributed by atoms with Gasteiger partial charge in [0.15, 0.2) is 0 Å². The average molecular weight is 441 g/mol. The predicted octanol–water partition coefficient (Wildman–Crippen LogP) is 6.44. The molecule has 0 atom stereocenters. The Hall–Kier alpha value is -3.86. The number of allylic oxidation sites excluding steroid dienone is 1. The normalized spacial score (nSPS) is 11.3. The highest BCUT2D eigenvalue weighted by Crippen LogP contribution is 2.28. The van der Waals surface area contributed by atoms with Crippen LogP contribution in [0.1, 0.15) is 31.2 Å². The molecular weight excluding hydrogens is 412 g/mol. The van der Waals surface area contributed by atoms with Crippen LogP contribution in [0.15, 0.2) is 84.9 Å². The molecule has 0 spiro atoms. The average Bonchev–Trinajstić information content (AvgIpc) is 3.20. The number of benzene rings is 3. The van der Waals surface area contributed by atoms with E-state index in [9.17, 15) is 4.79 Å². The van der Waals surface area contributed by atoms with Crippen LogP contribution in [0.3, 0.4) is 0 Å². The van der Waals surface area contributed by atoms with Crippen LogP contribution >= 0.6 is 0 Å². The highest BCUT2D eigenvalue weighted by molar-refractivity contribution is 5.82. The van der Waals surface area contributed by atoms with Gasteiger partial charge in [0.2, 0.25) is 0 Å². The van der Waals surface area contributed by atoms with Crippen molar-refractivity contribution in [1.82, 2.24) is 9.55 Å². The molecule has 5 heteroatoms. The molecule has 0 saturated carbocycles. The maximum Gasteiger partial charge on any atom is 0.303 e. The van der Waals surface area contributed by atoms with E-state index in [-0.39, 0.29) is 6.42 Å². The number of aromatic nitrogens is 2. The number of imidazole rings is 1. The number of rotatable bonds is 11. The molecule has 3 aromatic carbocycles. The van der Waals surface area contributed by atoms with Crippen molar-refractivity contribution in [2.75, 3.05) is 6.61 Å². The summed E-state index contributed by atoms with van der Waals surface area (Å²) in [6, 6.07) is 26.5. The lowest BCUT2D eigenvalue weighted by atomic mass is 10.2. The molecule has 0 unspecified atom stereocenters. The van der Waals surface area contributed by atoms with E-state index >= 15 is 0 Å². The molecule has 0 amide bonds. The third kappa shape index (κ3) is 6.10. The fourth-order valence-corrected chi connectivity index (χ4v) is 3.79. The molecule has 0 aliphatic rings. The minimum absolute atomic E-state index is 0.212. The number of hydrogen-bond acceptors (Lipinski definition) is 3. The second-order valence-corrected chi connectivity index (χ2v) is 7.93. The largest absolute Gasteiger partial charge is 0.494 e. The van der Waals surface area contributed by atoms with Crippen LogP contribution in [0.2, 0.25) is 0 Å². The Morgan fingerprint density at radius 2 is 1.70 bits per heavy atom. The van der Waals surface area contributed by atoms with Gasteiger partial charge in [0.25, 0.3) is 0 Å². The first-order chi connectivity index (χ1) is 16.2. The van der Waals surface area contributed by atoms with Gasteiger partial charge in [-0.15, -0.1) is 0 Å². The van der Waals surface area contributed by atoms with Crippen molar-refractivity contribution in [2.24, 2.45) is 0 Å². The number of aliphatic carboxylic acids is 1. The quantitative estimate of drug-likeness (QED) is 0.273. The van der Waals surface area contributed by atoms with Gasteiger partial charge >= 0.3 is 5.97 Å². The van der Waals surface area contributed by atoms with E-state index in [1.165, 1.54) is 0 Å². The van der Waals surface area contributed by atoms with Crippen LogP contribution in [0.5, 0.6) is 5.75 Å². The van der Waals surface area contributed by atoms with Gasteiger partial charge in [-0.1, -0.05) is 72.8 Å². The van der Waals surface area contributed by atoms with Gasteiger partial charge in [0, 0.05) is 24.6 Å². The molecule has 1 aromatic heterocycles. The Bertz CT molecular complexity index is 1210. The molecule has 1 heterocycles. The molecule has 0 radical (unpaired) electrons. The van der Waals surface area contributed by atoms with Crippen molar-refractivity contribution in [3.05, 3.63) is 90.5 Å². The van der Waals surface area contributed by atoms with Gasteiger partial charge in [-0.2, -0.15) is 0 Å². The maximum atomic E-state index is 10.6. The predicted molar refractivity (Wildman–Crippen MR) is 132 cm³/mol. The van der Waals surface area contributed by atoms with Crippen LogP contribution in [0.25, 0.3) is 28.5 Å². The number of fused-ring (bicyclic) bond motifs is 1. The van der Waals surface area contributed by atoms with Crippen LogP contribution in [0.4, 0.5) is 0 Å². The Morgan fingerprint density at radius 3 is 2.45 bits per heavy atom. The highest BCUT2D eigenvalue weighted by atomic mass is 16.5. The molecule has 0 fully saturated rings. The van der Waals surface area contributed by atoms with Crippen molar-refractivity contribution < 1.29 is 14.6 Å². The summed E-state index contributed by atoms with van der Waals surface area (Å²) in [6.07, 6.45) is 6.84. The number of nitrogens with zero attached hydrogens (tertiary/aromatic N) is 2. The van der Waals surface area contributed by atoms with E-state index in [0.29, 0.717) is 19.6 Å². The summed E-state index contributed by atoms with van der Waals surface area (Å²) in [6.45, 7) is 1.26. The topological polar surface area (TPSA) is 64.3 Å². The molecule has 0 saturated heterocycles. The smallest absolute Gasteiger partial charge is 0.303 e. The molecule has 0 bridgehead atoms. The van der Waals surface area contributed by atoms with E-state index in [1.54, 1.807) is 0 Å². The molecule has 168 valence electrons. The number of hydrogen-bond donors (Lipinski definition) is 1. The van der Waals surface area contributed by atoms with Gasteiger partial charge in [0.05, 0.1) is 17.6 Å². The Kier molecular flexibility index (Phi) is 7.54. The van der Waals surface area contributed by atoms with Gasteiger partial charge < -0.3 is 14.4 Å². The maximum absolute atomic E-state index is 10.6. The zero-order chi connectivity index (χ0) is 22.9. The van der Waals surface area contributed by atoms with Crippen LogP contribution in [-0.2, 0) is 11.3 Å². The van der Waals surface area contributed by atoms with E-state index in [2.05, 4.69) is 41.0 Å². The Balaban J connectivity index is 1.54. The second kappa shape index (κ2) is 11.1. The fourth-order valence-electron chi connectivity index (χ4n) is 3.79. The molecule has 33 heavy (non-hydrogen) atoms. The highest BCUT2D eigenvalue weighted by Gasteiger charge is 2.12.